The van der Waals surface area contributed by atoms with E-state index in [1.54, 1.807) is 13.1 Å². The highest BCUT2D eigenvalue weighted by Crippen LogP contribution is 2.41. The molecule has 2 unspecified atom stereocenters. The molecule has 3 nitrogen and oxygen atoms in total. The van der Waals surface area contributed by atoms with Crippen LogP contribution in [0, 0.1) is 5.82 Å². The summed E-state index contributed by atoms with van der Waals surface area (Å²) in [5.41, 5.74) is 0.801. The average molecular weight is 437 g/mol. The molecule has 0 spiro atoms. The molecule has 6 heteroatoms. The Balaban J connectivity index is 0.00000242. The Hall–Kier alpha value is -0.500. The predicted octanol–water partition coefficient (Wildman–Crippen LogP) is 3.61. The molecule has 0 bridgehead atoms. The lowest BCUT2D eigenvalue weighted by molar-refractivity contribution is 0.607. The van der Waals surface area contributed by atoms with Gasteiger partial charge in [-0.3, -0.25) is 4.99 Å². The fourth-order valence-electron chi connectivity index (χ4n) is 2.21. The number of nitrogens with zero attached hydrogens (tertiary/aromatic N) is 1. The maximum absolute atomic E-state index is 13.7. The van der Waals surface area contributed by atoms with E-state index in [0.717, 1.165) is 24.5 Å². The lowest BCUT2D eigenvalue weighted by Crippen LogP contribution is -2.44. The highest BCUT2D eigenvalue weighted by Gasteiger charge is 2.40. The second-order valence-electron chi connectivity index (χ2n) is 6.00. The minimum absolute atomic E-state index is 0. The van der Waals surface area contributed by atoms with Gasteiger partial charge in [0.2, 0.25) is 0 Å². The quantitative estimate of drug-likeness (QED) is 0.420. The zero-order chi connectivity index (χ0) is 15.5. The second kappa shape index (κ2) is 8.38. The van der Waals surface area contributed by atoms with E-state index in [-0.39, 0.29) is 46.5 Å². The molecule has 0 aliphatic heterocycles. The van der Waals surface area contributed by atoms with Gasteiger partial charge in [-0.05, 0) is 38.2 Å². The molecule has 22 heavy (non-hydrogen) atoms. The maximum Gasteiger partial charge on any atom is 0.191 e. The fourth-order valence-corrected chi connectivity index (χ4v) is 2.43. The van der Waals surface area contributed by atoms with E-state index in [1.807, 2.05) is 23.9 Å². The number of nitrogens with one attached hydrogen (secondary N) is 2. The SMILES string of the molecule is CN=C(NCC(C)(C)SC)NC1CC1c1ccccc1F.I. The molecular weight excluding hydrogens is 412 g/mol. The van der Waals surface area contributed by atoms with Crippen molar-refractivity contribution in [3.05, 3.63) is 35.6 Å². The summed E-state index contributed by atoms with van der Waals surface area (Å²) in [6.45, 7) is 5.22. The molecule has 0 radical (unpaired) electrons. The molecule has 1 fully saturated rings. The summed E-state index contributed by atoms with van der Waals surface area (Å²) in [7, 11) is 1.77. The normalized spacial score (nSPS) is 21.0. The van der Waals surface area contributed by atoms with Gasteiger partial charge in [0.05, 0.1) is 0 Å². The van der Waals surface area contributed by atoms with E-state index in [2.05, 4.69) is 35.7 Å². The molecular formula is C16H25FIN3S. The number of hydrogen-bond acceptors (Lipinski definition) is 2. The molecule has 1 aliphatic carbocycles. The van der Waals surface area contributed by atoms with Crippen molar-refractivity contribution in [2.45, 2.75) is 37.0 Å². The van der Waals surface area contributed by atoms with Gasteiger partial charge in [0.1, 0.15) is 5.82 Å². The summed E-state index contributed by atoms with van der Waals surface area (Å²) in [5.74, 6) is 0.928. The van der Waals surface area contributed by atoms with Gasteiger partial charge in [-0.1, -0.05) is 18.2 Å². The minimum atomic E-state index is -0.113. The van der Waals surface area contributed by atoms with Gasteiger partial charge in [0.15, 0.2) is 5.96 Å². The van der Waals surface area contributed by atoms with Crippen molar-refractivity contribution >= 4 is 41.7 Å². The summed E-state index contributed by atoms with van der Waals surface area (Å²) in [6.07, 6.45) is 3.06. The third kappa shape index (κ3) is 5.30. The molecule has 0 amide bonds. The van der Waals surface area contributed by atoms with Crippen LogP contribution in [0.1, 0.15) is 31.7 Å². The van der Waals surface area contributed by atoms with E-state index >= 15 is 0 Å². The molecule has 0 aromatic heterocycles. The number of thioether (sulfide) groups is 1. The Morgan fingerprint density at radius 3 is 2.68 bits per heavy atom. The number of benzene rings is 1. The molecule has 1 aliphatic rings. The zero-order valence-electron chi connectivity index (χ0n) is 13.5. The molecule has 2 atom stereocenters. The second-order valence-corrected chi connectivity index (χ2v) is 7.52. The summed E-state index contributed by atoms with van der Waals surface area (Å²) < 4.78 is 13.9. The van der Waals surface area contributed by atoms with Crippen molar-refractivity contribution in [3.8, 4) is 0 Å². The van der Waals surface area contributed by atoms with Gasteiger partial charge in [-0.2, -0.15) is 11.8 Å². The van der Waals surface area contributed by atoms with Crippen LogP contribution in [0.4, 0.5) is 4.39 Å². The Morgan fingerprint density at radius 2 is 2.09 bits per heavy atom. The van der Waals surface area contributed by atoms with Gasteiger partial charge in [0, 0.05) is 30.3 Å². The van der Waals surface area contributed by atoms with E-state index in [1.165, 1.54) is 6.07 Å². The topological polar surface area (TPSA) is 36.4 Å². The third-order valence-electron chi connectivity index (χ3n) is 3.87. The number of guanidine groups is 1. The predicted molar refractivity (Wildman–Crippen MR) is 105 cm³/mol. The van der Waals surface area contributed by atoms with E-state index < -0.39 is 0 Å². The average Bonchev–Trinajstić information content (AvgIpc) is 3.23. The van der Waals surface area contributed by atoms with E-state index in [9.17, 15) is 4.39 Å². The molecule has 1 aromatic rings. The van der Waals surface area contributed by atoms with Crippen molar-refractivity contribution in [1.82, 2.24) is 10.6 Å². The highest BCUT2D eigenvalue weighted by molar-refractivity contribution is 14.0. The summed E-state index contributed by atoms with van der Waals surface area (Å²) in [4.78, 5) is 4.25. The highest BCUT2D eigenvalue weighted by atomic mass is 127. The van der Waals surface area contributed by atoms with Crippen LogP contribution in [0.5, 0.6) is 0 Å². The fraction of sp³-hybridized carbons (Fsp3) is 0.562. The molecule has 2 rings (SSSR count). The lowest BCUT2D eigenvalue weighted by atomic mass is 10.1. The molecule has 0 saturated heterocycles. The first-order chi connectivity index (χ1) is 9.96. The van der Waals surface area contributed by atoms with Crippen LogP contribution in [0.25, 0.3) is 0 Å². The smallest absolute Gasteiger partial charge is 0.191 e. The number of halogens is 2. The maximum atomic E-state index is 13.7. The van der Waals surface area contributed by atoms with E-state index in [0.29, 0.717) is 0 Å². The first-order valence-corrected chi connectivity index (χ1v) is 8.46. The Bertz CT molecular complexity index is 522. The number of aliphatic imine (C=N–C) groups is 1. The minimum Gasteiger partial charge on any atom is -0.355 e. The van der Waals surface area contributed by atoms with Crippen LogP contribution in [-0.2, 0) is 0 Å². The molecule has 2 N–H and O–H groups in total. The van der Waals surface area contributed by atoms with Crippen molar-refractivity contribution in [2.75, 3.05) is 19.8 Å². The first kappa shape index (κ1) is 19.5. The van der Waals surface area contributed by atoms with Crippen LogP contribution < -0.4 is 10.6 Å². The van der Waals surface area contributed by atoms with Gasteiger partial charge >= 0.3 is 0 Å². The molecule has 0 heterocycles. The Morgan fingerprint density at radius 1 is 1.41 bits per heavy atom. The van der Waals surface area contributed by atoms with Crippen molar-refractivity contribution in [3.63, 3.8) is 0 Å². The summed E-state index contributed by atoms with van der Waals surface area (Å²) in [5, 5.41) is 6.72. The Labute approximate surface area is 154 Å². The third-order valence-corrected chi connectivity index (χ3v) is 5.12. The van der Waals surface area contributed by atoms with Crippen LogP contribution in [0.2, 0.25) is 0 Å². The Kier molecular flexibility index (Phi) is 7.45. The first-order valence-electron chi connectivity index (χ1n) is 7.23. The zero-order valence-corrected chi connectivity index (χ0v) is 16.7. The van der Waals surface area contributed by atoms with Gasteiger partial charge < -0.3 is 10.6 Å². The van der Waals surface area contributed by atoms with E-state index in [4.69, 9.17) is 0 Å². The monoisotopic (exact) mass is 437 g/mol. The summed E-state index contributed by atoms with van der Waals surface area (Å²) >= 11 is 1.82. The molecule has 1 aromatic carbocycles. The largest absolute Gasteiger partial charge is 0.355 e. The van der Waals surface area contributed by atoms with Crippen LogP contribution in [0.3, 0.4) is 0 Å². The van der Waals surface area contributed by atoms with Crippen molar-refractivity contribution in [2.24, 2.45) is 4.99 Å². The lowest BCUT2D eigenvalue weighted by Gasteiger charge is -2.23. The van der Waals surface area contributed by atoms with Gasteiger partial charge in [-0.15, -0.1) is 24.0 Å². The van der Waals surface area contributed by atoms with Crippen LogP contribution in [0.15, 0.2) is 29.3 Å². The number of rotatable bonds is 5. The van der Waals surface area contributed by atoms with Crippen LogP contribution >= 0.6 is 35.7 Å². The van der Waals surface area contributed by atoms with Gasteiger partial charge in [-0.25, -0.2) is 4.39 Å². The standard InChI is InChI=1S/C16H24FN3S.HI/c1-16(2,21-4)10-19-15(18-3)20-14-9-12(14)11-7-5-6-8-13(11)17;/h5-8,12,14H,9-10H2,1-4H3,(H2,18,19,20);1H. The number of hydrogen-bond donors (Lipinski definition) is 2. The van der Waals surface area contributed by atoms with Gasteiger partial charge in [0.25, 0.3) is 0 Å². The van der Waals surface area contributed by atoms with Crippen molar-refractivity contribution in [1.29, 1.82) is 0 Å². The molecule has 1 saturated carbocycles. The summed E-state index contributed by atoms with van der Waals surface area (Å²) in [6, 6.07) is 7.29. The van der Waals surface area contributed by atoms with Crippen molar-refractivity contribution < 1.29 is 4.39 Å². The van der Waals surface area contributed by atoms with Crippen LogP contribution in [-0.4, -0.2) is 36.6 Å². The molecule has 124 valence electrons.